The molecular weight excluding hydrogens is 314 g/mol. The standard InChI is InChI=1S/C17H18BrNO/c1-11-7-8-13(18)10-15(11)17(20)14-6-2-4-12-5-3-9-19-16(12)14/h3,5,7-10,14,17,20H,2,4,6H2,1H3. The highest BCUT2D eigenvalue weighted by Crippen LogP contribution is 2.40. The van der Waals surface area contributed by atoms with Gasteiger partial charge in [-0.15, -0.1) is 0 Å². The van der Waals surface area contributed by atoms with Crippen molar-refractivity contribution >= 4 is 15.9 Å². The fourth-order valence-corrected chi connectivity index (χ4v) is 3.48. The first-order valence-electron chi connectivity index (χ1n) is 7.04. The van der Waals surface area contributed by atoms with Crippen LogP contribution in [0.5, 0.6) is 0 Å². The van der Waals surface area contributed by atoms with Crippen molar-refractivity contribution in [2.75, 3.05) is 0 Å². The molecule has 104 valence electrons. The summed E-state index contributed by atoms with van der Waals surface area (Å²) >= 11 is 3.49. The van der Waals surface area contributed by atoms with Gasteiger partial charge in [0.25, 0.3) is 0 Å². The van der Waals surface area contributed by atoms with E-state index in [4.69, 9.17) is 0 Å². The zero-order valence-corrected chi connectivity index (χ0v) is 13.1. The van der Waals surface area contributed by atoms with E-state index in [1.54, 1.807) is 0 Å². The molecule has 0 radical (unpaired) electrons. The number of aliphatic hydroxyl groups excluding tert-OH is 1. The molecule has 1 aliphatic carbocycles. The molecule has 1 aromatic heterocycles. The van der Waals surface area contributed by atoms with Crippen LogP contribution in [0.15, 0.2) is 41.0 Å². The van der Waals surface area contributed by atoms with Crippen molar-refractivity contribution < 1.29 is 5.11 Å². The second-order valence-corrected chi connectivity index (χ2v) is 6.41. The smallest absolute Gasteiger partial charge is 0.0876 e. The highest BCUT2D eigenvalue weighted by atomic mass is 79.9. The van der Waals surface area contributed by atoms with Crippen LogP contribution < -0.4 is 0 Å². The second kappa shape index (κ2) is 5.66. The summed E-state index contributed by atoms with van der Waals surface area (Å²) in [5.41, 5.74) is 4.49. The summed E-state index contributed by atoms with van der Waals surface area (Å²) in [4.78, 5) is 4.53. The number of nitrogens with zero attached hydrogens (tertiary/aromatic N) is 1. The Labute approximate surface area is 128 Å². The normalized spacial score (nSPS) is 19.4. The lowest BCUT2D eigenvalue weighted by atomic mass is 9.80. The van der Waals surface area contributed by atoms with Crippen LogP contribution >= 0.6 is 15.9 Å². The van der Waals surface area contributed by atoms with E-state index in [0.717, 1.165) is 40.6 Å². The SMILES string of the molecule is Cc1ccc(Br)cc1C(O)C1CCCc2cccnc21. The Bertz CT molecular complexity index is 626. The number of halogens is 1. The molecule has 0 aliphatic heterocycles. The molecule has 0 fully saturated rings. The predicted molar refractivity (Wildman–Crippen MR) is 83.8 cm³/mol. The van der Waals surface area contributed by atoms with Crippen molar-refractivity contribution in [2.24, 2.45) is 0 Å². The topological polar surface area (TPSA) is 33.1 Å². The number of aryl methyl sites for hydroxylation is 2. The van der Waals surface area contributed by atoms with Crippen molar-refractivity contribution in [3.63, 3.8) is 0 Å². The Morgan fingerprint density at radius 3 is 3.05 bits per heavy atom. The van der Waals surface area contributed by atoms with Gasteiger partial charge in [-0.1, -0.05) is 28.1 Å². The highest BCUT2D eigenvalue weighted by molar-refractivity contribution is 9.10. The van der Waals surface area contributed by atoms with Crippen molar-refractivity contribution in [3.05, 3.63) is 63.4 Å². The molecule has 0 bridgehead atoms. The van der Waals surface area contributed by atoms with E-state index in [0.29, 0.717) is 0 Å². The molecule has 3 rings (SSSR count). The summed E-state index contributed by atoms with van der Waals surface area (Å²) in [5, 5.41) is 10.8. The van der Waals surface area contributed by atoms with Gasteiger partial charge in [-0.2, -0.15) is 0 Å². The summed E-state index contributed by atoms with van der Waals surface area (Å²) in [6.07, 6.45) is 4.54. The summed E-state index contributed by atoms with van der Waals surface area (Å²) < 4.78 is 1.01. The minimum Gasteiger partial charge on any atom is -0.388 e. The van der Waals surface area contributed by atoms with Crippen LogP contribution in [0.4, 0.5) is 0 Å². The maximum absolute atomic E-state index is 10.8. The van der Waals surface area contributed by atoms with Crippen LogP contribution in [-0.4, -0.2) is 10.1 Å². The number of benzene rings is 1. The average Bonchev–Trinajstić information content (AvgIpc) is 2.48. The summed E-state index contributed by atoms with van der Waals surface area (Å²) in [7, 11) is 0. The van der Waals surface area contributed by atoms with Crippen molar-refractivity contribution in [1.82, 2.24) is 4.98 Å². The average molecular weight is 332 g/mol. The molecule has 1 aliphatic rings. The van der Waals surface area contributed by atoms with Gasteiger partial charge in [-0.3, -0.25) is 4.98 Å². The molecule has 0 amide bonds. The first-order chi connectivity index (χ1) is 9.66. The minimum absolute atomic E-state index is 0.105. The predicted octanol–water partition coefficient (Wildman–Crippen LogP) is 4.31. The molecule has 3 heteroatoms. The van der Waals surface area contributed by atoms with Crippen LogP contribution in [0, 0.1) is 6.92 Å². The Hall–Kier alpha value is -1.19. The fraction of sp³-hybridized carbons (Fsp3) is 0.353. The van der Waals surface area contributed by atoms with Gasteiger partial charge in [0.2, 0.25) is 0 Å². The summed E-state index contributed by atoms with van der Waals surface area (Å²) in [6.45, 7) is 2.05. The van der Waals surface area contributed by atoms with Gasteiger partial charge in [0, 0.05) is 22.3 Å². The van der Waals surface area contributed by atoms with Crippen LogP contribution in [-0.2, 0) is 6.42 Å². The first kappa shape index (κ1) is 13.8. The first-order valence-corrected chi connectivity index (χ1v) is 7.84. The third kappa shape index (κ3) is 2.52. The number of pyridine rings is 1. The van der Waals surface area contributed by atoms with Gasteiger partial charge >= 0.3 is 0 Å². The van der Waals surface area contributed by atoms with E-state index in [-0.39, 0.29) is 5.92 Å². The third-order valence-electron chi connectivity index (χ3n) is 4.18. The van der Waals surface area contributed by atoms with E-state index < -0.39 is 6.10 Å². The lowest BCUT2D eigenvalue weighted by Crippen LogP contribution is -2.19. The van der Waals surface area contributed by atoms with Gasteiger partial charge in [0.1, 0.15) is 0 Å². The van der Waals surface area contributed by atoms with Crippen LogP contribution in [0.25, 0.3) is 0 Å². The number of aromatic nitrogens is 1. The molecule has 1 N–H and O–H groups in total. The quantitative estimate of drug-likeness (QED) is 0.889. The highest BCUT2D eigenvalue weighted by Gasteiger charge is 2.29. The lowest BCUT2D eigenvalue weighted by molar-refractivity contribution is 0.133. The van der Waals surface area contributed by atoms with E-state index in [1.807, 2.05) is 37.4 Å². The Kier molecular flexibility index (Phi) is 3.90. The molecule has 0 spiro atoms. The number of rotatable bonds is 2. The molecule has 1 heterocycles. The zero-order valence-electron chi connectivity index (χ0n) is 11.5. The van der Waals surface area contributed by atoms with E-state index in [1.165, 1.54) is 5.56 Å². The molecule has 2 unspecified atom stereocenters. The Morgan fingerprint density at radius 1 is 1.35 bits per heavy atom. The van der Waals surface area contributed by atoms with Gasteiger partial charge in [-0.05, 0) is 61.1 Å². The molecule has 0 saturated heterocycles. The van der Waals surface area contributed by atoms with Gasteiger partial charge in [0.15, 0.2) is 0 Å². The van der Waals surface area contributed by atoms with E-state index >= 15 is 0 Å². The van der Waals surface area contributed by atoms with E-state index in [9.17, 15) is 5.11 Å². The molecule has 2 atom stereocenters. The third-order valence-corrected chi connectivity index (χ3v) is 4.67. The molecule has 2 aromatic rings. The van der Waals surface area contributed by atoms with E-state index in [2.05, 4.69) is 27.0 Å². The van der Waals surface area contributed by atoms with Crippen molar-refractivity contribution in [3.8, 4) is 0 Å². The molecule has 2 nitrogen and oxygen atoms in total. The minimum atomic E-state index is -0.485. The zero-order chi connectivity index (χ0) is 14.1. The van der Waals surface area contributed by atoms with Crippen LogP contribution in [0.1, 0.15) is 47.2 Å². The van der Waals surface area contributed by atoms with Crippen LogP contribution in [0.2, 0.25) is 0 Å². The monoisotopic (exact) mass is 331 g/mol. The van der Waals surface area contributed by atoms with Gasteiger partial charge in [-0.25, -0.2) is 0 Å². The van der Waals surface area contributed by atoms with Gasteiger partial charge in [0.05, 0.1) is 6.10 Å². The fourth-order valence-electron chi connectivity index (χ4n) is 3.10. The summed E-state index contributed by atoms with van der Waals surface area (Å²) in [6, 6.07) is 10.2. The number of aliphatic hydroxyl groups is 1. The molecule has 0 saturated carbocycles. The maximum atomic E-state index is 10.8. The lowest BCUT2D eigenvalue weighted by Gasteiger charge is -2.29. The molecule has 1 aromatic carbocycles. The Morgan fingerprint density at radius 2 is 2.20 bits per heavy atom. The van der Waals surface area contributed by atoms with Crippen molar-refractivity contribution in [1.29, 1.82) is 0 Å². The van der Waals surface area contributed by atoms with Crippen LogP contribution in [0.3, 0.4) is 0 Å². The molecule has 20 heavy (non-hydrogen) atoms. The number of hydrogen-bond donors (Lipinski definition) is 1. The van der Waals surface area contributed by atoms with Crippen molar-refractivity contribution in [2.45, 2.75) is 38.2 Å². The number of hydrogen-bond acceptors (Lipinski definition) is 2. The van der Waals surface area contributed by atoms with Gasteiger partial charge < -0.3 is 5.11 Å². The second-order valence-electron chi connectivity index (χ2n) is 5.49. The Balaban J connectivity index is 1.99. The molecular formula is C17H18BrNO. The maximum Gasteiger partial charge on any atom is 0.0876 e. The largest absolute Gasteiger partial charge is 0.388 e. The number of fused-ring (bicyclic) bond motifs is 1. The summed E-state index contributed by atoms with van der Waals surface area (Å²) in [5.74, 6) is 0.105.